The van der Waals surface area contributed by atoms with Gasteiger partial charge in [0.1, 0.15) is 5.82 Å². The lowest BCUT2D eigenvalue weighted by atomic mass is 9.92. The molecule has 0 saturated carbocycles. The standard InChI is InChI=1S/C15H21FN2O/c1-3-15(9-4-10-17-15)14(19)18-11(2)12-5-7-13(16)8-6-12/h5-8,11,17H,3-4,9-10H2,1-2H3,(H,18,19). The first kappa shape index (κ1) is 14.0. The molecule has 1 heterocycles. The van der Waals surface area contributed by atoms with Gasteiger partial charge in [-0.1, -0.05) is 19.1 Å². The summed E-state index contributed by atoms with van der Waals surface area (Å²) in [7, 11) is 0. The Hall–Kier alpha value is -1.42. The van der Waals surface area contributed by atoms with Crippen molar-refractivity contribution in [3.8, 4) is 0 Å². The minimum atomic E-state index is -0.422. The van der Waals surface area contributed by atoms with Gasteiger partial charge in [0, 0.05) is 0 Å². The Labute approximate surface area is 113 Å². The Balaban J connectivity index is 2.04. The van der Waals surface area contributed by atoms with E-state index >= 15 is 0 Å². The average molecular weight is 264 g/mol. The SMILES string of the molecule is CCC1(C(=O)NC(C)c2ccc(F)cc2)CCCN1. The summed E-state index contributed by atoms with van der Waals surface area (Å²) in [5.74, 6) is -0.214. The predicted molar refractivity (Wildman–Crippen MR) is 73.2 cm³/mol. The van der Waals surface area contributed by atoms with Gasteiger partial charge in [0.25, 0.3) is 0 Å². The van der Waals surface area contributed by atoms with Crippen LogP contribution >= 0.6 is 0 Å². The van der Waals surface area contributed by atoms with Crippen molar-refractivity contribution in [3.63, 3.8) is 0 Å². The highest BCUT2D eigenvalue weighted by molar-refractivity contribution is 5.87. The minimum Gasteiger partial charge on any atom is -0.348 e. The summed E-state index contributed by atoms with van der Waals surface area (Å²) in [5.41, 5.74) is 0.493. The Morgan fingerprint density at radius 2 is 2.16 bits per heavy atom. The van der Waals surface area contributed by atoms with Crippen LogP contribution in [0.5, 0.6) is 0 Å². The number of nitrogens with one attached hydrogen (secondary N) is 2. The van der Waals surface area contributed by atoms with Gasteiger partial charge >= 0.3 is 0 Å². The second-order valence-electron chi connectivity index (χ2n) is 5.21. The molecule has 0 bridgehead atoms. The second-order valence-corrected chi connectivity index (χ2v) is 5.21. The van der Waals surface area contributed by atoms with Gasteiger partial charge < -0.3 is 10.6 Å². The van der Waals surface area contributed by atoms with Crippen molar-refractivity contribution in [2.24, 2.45) is 0 Å². The molecule has 2 unspecified atom stereocenters. The molecule has 0 aliphatic carbocycles. The van der Waals surface area contributed by atoms with Gasteiger partial charge in [0.15, 0.2) is 0 Å². The first-order valence-electron chi connectivity index (χ1n) is 6.89. The number of hydrogen-bond donors (Lipinski definition) is 2. The van der Waals surface area contributed by atoms with E-state index < -0.39 is 5.54 Å². The van der Waals surface area contributed by atoms with Gasteiger partial charge in [-0.2, -0.15) is 0 Å². The fourth-order valence-electron chi connectivity index (χ4n) is 2.63. The van der Waals surface area contributed by atoms with E-state index in [4.69, 9.17) is 0 Å². The molecule has 0 radical (unpaired) electrons. The molecule has 0 aromatic heterocycles. The van der Waals surface area contributed by atoms with Crippen LogP contribution in [0.3, 0.4) is 0 Å². The fraction of sp³-hybridized carbons (Fsp3) is 0.533. The van der Waals surface area contributed by atoms with Crippen LogP contribution in [0, 0.1) is 5.82 Å². The molecule has 1 saturated heterocycles. The molecule has 2 atom stereocenters. The summed E-state index contributed by atoms with van der Waals surface area (Å²) < 4.78 is 12.9. The molecule has 1 aliphatic rings. The van der Waals surface area contributed by atoms with Crippen molar-refractivity contribution in [2.75, 3.05) is 6.54 Å². The van der Waals surface area contributed by atoms with E-state index in [9.17, 15) is 9.18 Å². The number of rotatable bonds is 4. The van der Waals surface area contributed by atoms with Crippen molar-refractivity contribution < 1.29 is 9.18 Å². The summed E-state index contributed by atoms with van der Waals surface area (Å²) in [5, 5.41) is 6.34. The molecule has 19 heavy (non-hydrogen) atoms. The maximum atomic E-state index is 12.9. The zero-order valence-corrected chi connectivity index (χ0v) is 11.5. The first-order valence-corrected chi connectivity index (χ1v) is 6.89. The zero-order valence-electron chi connectivity index (χ0n) is 11.5. The molecule has 1 aromatic carbocycles. The smallest absolute Gasteiger partial charge is 0.240 e. The van der Waals surface area contributed by atoms with Gasteiger partial charge in [0.2, 0.25) is 5.91 Å². The predicted octanol–water partition coefficient (Wildman–Crippen LogP) is 2.54. The fourth-order valence-corrected chi connectivity index (χ4v) is 2.63. The summed E-state index contributed by atoms with van der Waals surface area (Å²) >= 11 is 0. The number of carbonyl (C=O) groups is 1. The third-order valence-corrected chi connectivity index (χ3v) is 4.00. The van der Waals surface area contributed by atoms with Crippen LogP contribution in [-0.4, -0.2) is 18.0 Å². The van der Waals surface area contributed by atoms with Crippen molar-refractivity contribution in [3.05, 3.63) is 35.6 Å². The van der Waals surface area contributed by atoms with E-state index in [1.54, 1.807) is 12.1 Å². The number of benzene rings is 1. The summed E-state index contributed by atoms with van der Waals surface area (Å²) in [6.45, 7) is 4.84. The largest absolute Gasteiger partial charge is 0.348 e. The van der Waals surface area contributed by atoms with Gasteiger partial charge in [-0.3, -0.25) is 4.79 Å². The van der Waals surface area contributed by atoms with Gasteiger partial charge in [-0.25, -0.2) is 4.39 Å². The molecular formula is C15H21FN2O. The van der Waals surface area contributed by atoms with Crippen LogP contribution in [0.4, 0.5) is 4.39 Å². The Kier molecular flexibility index (Phi) is 4.20. The van der Waals surface area contributed by atoms with Crippen LogP contribution in [0.2, 0.25) is 0 Å². The van der Waals surface area contributed by atoms with Gasteiger partial charge in [0.05, 0.1) is 11.6 Å². The van der Waals surface area contributed by atoms with E-state index in [0.29, 0.717) is 0 Å². The maximum absolute atomic E-state index is 12.9. The Morgan fingerprint density at radius 3 is 2.68 bits per heavy atom. The normalized spacial score (nSPS) is 24.2. The van der Waals surface area contributed by atoms with Crippen LogP contribution in [0.25, 0.3) is 0 Å². The highest BCUT2D eigenvalue weighted by Crippen LogP contribution is 2.24. The molecule has 1 amide bonds. The Morgan fingerprint density at radius 1 is 1.47 bits per heavy atom. The lowest BCUT2D eigenvalue weighted by molar-refractivity contribution is -0.128. The topological polar surface area (TPSA) is 41.1 Å². The lowest BCUT2D eigenvalue weighted by Crippen LogP contribution is -2.53. The summed E-state index contributed by atoms with van der Waals surface area (Å²) in [6, 6.07) is 6.14. The molecule has 0 spiro atoms. The molecule has 1 aliphatic heterocycles. The molecule has 3 nitrogen and oxygen atoms in total. The minimum absolute atomic E-state index is 0.0457. The average Bonchev–Trinajstić information content (AvgIpc) is 2.89. The van der Waals surface area contributed by atoms with Crippen molar-refractivity contribution in [1.29, 1.82) is 0 Å². The molecule has 1 fully saturated rings. The third-order valence-electron chi connectivity index (χ3n) is 4.00. The van der Waals surface area contributed by atoms with E-state index in [2.05, 4.69) is 10.6 Å². The Bertz CT molecular complexity index is 438. The maximum Gasteiger partial charge on any atom is 0.240 e. The number of carbonyl (C=O) groups excluding carboxylic acids is 1. The van der Waals surface area contributed by atoms with E-state index in [1.807, 2.05) is 13.8 Å². The third kappa shape index (κ3) is 2.95. The van der Waals surface area contributed by atoms with Gasteiger partial charge in [-0.05, 0) is 50.4 Å². The molecule has 1 aromatic rings. The first-order chi connectivity index (χ1) is 9.07. The highest BCUT2D eigenvalue weighted by Gasteiger charge is 2.39. The number of amides is 1. The number of hydrogen-bond acceptors (Lipinski definition) is 2. The van der Waals surface area contributed by atoms with Crippen LogP contribution < -0.4 is 10.6 Å². The monoisotopic (exact) mass is 264 g/mol. The van der Waals surface area contributed by atoms with Crippen molar-refractivity contribution in [2.45, 2.75) is 44.7 Å². The quantitative estimate of drug-likeness (QED) is 0.877. The van der Waals surface area contributed by atoms with Crippen LogP contribution in [-0.2, 0) is 4.79 Å². The molecule has 2 N–H and O–H groups in total. The van der Waals surface area contributed by atoms with Crippen molar-refractivity contribution >= 4 is 5.91 Å². The van der Waals surface area contributed by atoms with Gasteiger partial charge in [-0.15, -0.1) is 0 Å². The highest BCUT2D eigenvalue weighted by atomic mass is 19.1. The van der Waals surface area contributed by atoms with E-state index in [-0.39, 0.29) is 17.8 Å². The molecular weight excluding hydrogens is 243 g/mol. The van der Waals surface area contributed by atoms with E-state index in [0.717, 1.165) is 31.4 Å². The molecule has 2 rings (SSSR count). The van der Waals surface area contributed by atoms with E-state index in [1.165, 1.54) is 12.1 Å². The van der Waals surface area contributed by atoms with Crippen molar-refractivity contribution in [1.82, 2.24) is 10.6 Å². The molecule has 104 valence electrons. The number of halogens is 1. The molecule has 4 heteroatoms. The summed E-state index contributed by atoms with van der Waals surface area (Å²) in [4.78, 5) is 12.4. The van der Waals surface area contributed by atoms with Crippen LogP contribution in [0.1, 0.15) is 44.7 Å². The summed E-state index contributed by atoms with van der Waals surface area (Å²) in [6.07, 6.45) is 2.70. The zero-order chi connectivity index (χ0) is 13.9. The van der Waals surface area contributed by atoms with Crippen LogP contribution in [0.15, 0.2) is 24.3 Å². The lowest BCUT2D eigenvalue weighted by Gasteiger charge is -2.28. The second kappa shape index (κ2) is 5.70.